The molecule has 2 rings (SSSR count). The minimum absolute atomic E-state index is 0.000639. The van der Waals surface area contributed by atoms with Crippen molar-refractivity contribution in [2.45, 2.75) is 20.3 Å². The number of carbonyl (C=O) groups is 3. The van der Waals surface area contributed by atoms with E-state index >= 15 is 0 Å². The summed E-state index contributed by atoms with van der Waals surface area (Å²) >= 11 is 0. The van der Waals surface area contributed by atoms with Gasteiger partial charge in [0.25, 0.3) is 5.91 Å². The topological polar surface area (TPSA) is 75.3 Å². The number of anilines is 2. The number of nitrogens with one attached hydrogen (secondary N) is 2. The fourth-order valence-electron chi connectivity index (χ4n) is 2.08. The molecule has 0 atom stereocenters. The van der Waals surface area contributed by atoms with Gasteiger partial charge in [-0.1, -0.05) is 19.1 Å². The Labute approximate surface area is 134 Å². The fraction of sp³-hybridized carbons (Fsp3) is 0.167. The Morgan fingerprint density at radius 2 is 1.43 bits per heavy atom. The normalized spacial score (nSPS) is 10.0. The van der Waals surface area contributed by atoms with E-state index < -0.39 is 0 Å². The average Bonchev–Trinajstić information content (AvgIpc) is 2.55. The van der Waals surface area contributed by atoms with Crippen LogP contribution in [0.15, 0.2) is 48.5 Å². The fourth-order valence-corrected chi connectivity index (χ4v) is 2.08. The Morgan fingerprint density at radius 3 is 2.00 bits per heavy atom. The zero-order valence-electron chi connectivity index (χ0n) is 13.1. The van der Waals surface area contributed by atoms with Crippen molar-refractivity contribution in [3.63, 3.8) is 0 Å². The molecule has 0 aliphatic carbocycles. The average molecular weight is 310 g/mol. The molecule has 2 aromatic rings. The first-order valence-corrected chi connectivity index (χ1v) is 7.32. The molecule has 0 saturated heterocycles. The van der Waals surface area contributed by atoms with Gasteiger partial charge in [0.1, 0.15) is 0 Å². The van der Waals surface area contributed by atoms with Gasteiger partial charge in [-0.15, -0.1) is 0 Å². The van der Waals surface area contributed by atoms with Gasteiger partial charge in [-0.3, -0.25) is 14.4 Å². The van der Waals surface area contributed by atoms with Crippen LogP contribution < -0.4 is 10.6 Å². The maximum absolute atomic E-state index is 12.2. The van der Waals surface area contributed by atoms with E-state index in [9.17, 15) is 14.4 Å². The zero-order valence-corrected chi connectivity index (χ0v) is 13.1. The molecule has 0 aliphatic rings. The molecule has 5 heteroatoms. The standard InChI is InChI=1S/C18H18N2O3/c1-3-17(22)13-5-4-6-14(11-13)18(23)20-16-9-7-15(8-10-16)19-12(2)21/h4-11H,3H2,1-2H3,(H,19,21)(H,20,23). The molecule has 0 bridgehead atoms. The number of rotatable bonds is 5. The molecule has 0 radical (unpaired) electrons. The van der Waals surface area contributed by atoms with E-state index in [0.29, 0.717) is 28.9 Å². The number of amides is 2. The zero-order chi connectivity index (χ0) is 16.8. The number of hydrogen-bond acceptors (Lipinski definition) is 3. The number of carbonyl (C=O) groups excluding carboxylic acids is 3. The molecular weight excluding hydrogens is 292 g/mol. The molecule has 5 nitrogen and oxygen atoms in total. The van der Waals surface area contributed by atoms with Crippen molar-refractivity contribution in [2.24, 2.45) is 0 Å². The Morgan fingerprint density at radius 1 is 0.870 bits per heavy atom. The number of Topliss-reactive ketones (excluding diaryl/α,β-unsaturated/α-hetero) is 1. The highest BCUT2D eigenvalue weighted by atomic mass is 16.2. The second-order valence-electron chi connectivity index (χ2n) is 5.07. The molecular formula is C18H18N2O3. The van der Waals surface area contributed by atoms with E-state index in [4.69, 9.17) is 0 Å². The third-order valence-electron chi connectivity index (χ3n) is 3.23. The first kappa shape index (κ1) is 16.4. The summed E-state index contributed by atoms with van der Waals surface area (Å²) in [7, 11) is 0. The van der Waals surface area contributed by atoms with Crippen molar-refractivity contribution in [3.8, 4) is 0 Å². The molecule has 0 fully saturated rings. The van der Waals surface area contributed by atoms with Crippen molar-refractivity contribution in [2.75, 3.05) is 10.6 Å². The second-order valence-corrected chi connectivity index (χ2v) is 5.07. The molecule has 0 aliphatic heterocycles. The lowest BCUT2D eigenvalue weighted by atomic mass is 10.1. The number of benzene rings is 2. The van der Waals surface area contributed by atoms with Crippen molar-refractivity contribution < 1.29 is 14.4 Å². The van der Waals surface area contributed by atoms with E-state index in [2.05, 4.69) is 10.6 Å². The van der Waals surface area contributed by atoms with Gasteiger partial charge in [0, 0.05) is 35.8 Å². The SMILES string of the molecule is CCC(=O)c1cccc(C(=O)Nc2ccc(NC(C)=O)cc2)c1. The molecule has 0 spiro atoms. The monoisotopic (exact) mass is 310 g/mol. The highest BCUT2D eigenvalue weighted by Crippen LogP contribution is 2.15. The highest BCUT2D eigenvalue weighted by molar-refractivity contribution is 6.06. The summed E-state index contributed by atoms with van der Waals surface area (Å²) in [5.41, 5.74) is 2.22. The van der Waals surface area contributed by atoms with Gasteiger partial charge in [-0.05, 0) is 36.4 Å². The first-order chi connectivity index (χ1) is 11.0. The molecule has 0 saturated carbocycles. The smallest absolute Gasteiger partial charge is 0.255 e. The quantitative estimate of drug-likeness (QED) is 0.830. The van der Waals surface area contributed by atoms with E-state index in [1.54, 1.807) is 55.5 Å². The summed E-state index contributed by atoms with van der Waals surface area (Å²) in [5.74, 6) is -0.443. The molecule has 23 heavy (non-hydrogen) atoms. The predicted octanol–water partition coefficient (Wildman–Crippen LogP) is 3.49. The Hall–Kier alpha value is -2.95. The van der Waals surface area contributed by atoms with Crippen LogP contribution in [0.2, 0.25) is 0 Å². The number of ketones is 1. The van der Waals surface area contributed by atoms with E-state index in [0.717, 1.165) is 0 Å². The molecule has 0 unspecified atom stereocenters. The van der Waals surface area contributed by atoms with Gasteiger partial charge in [0.2, 0.25) is 5.91 Å². The van der Waals surface area contributed by atoms with Crippen LogP contribution in [0.5, 0.6) is 0 Å². The largest absolute Gasteiger partial charge is 0.326 e. The van der Waals surface area contributed by atoms with Crippen LogP contribution in [-0.4, -0.2) is 17.6 Å². The van der Waals surface area contributed by atoms with Crippen molar-refractivity contribution in [1.29, 1.82) is 0 Å². The molecule has 2 aromatic carbocycles. The van der Waals surface area contributed by atoms with Gasteiger partial charge in [0.15, 0.2) is 5.78 Å². The maximum atomic E-state index is 12.2. The summed E-state index contributed by atoms with van der Waals surface area (Å²) in [6, 6.07) is 13.4. The lowest BCUT2D eigenvalue weighted by Gasteiger charge is -2.08. The van der Waals surface area contributed by atoms with E-state index in [-0.39, 0.29) is 17.6 Å². The van der Waals surface area contributed by atoms with Gasteiger partial charge in [0.05, 0.1) is 0 Å². The molecule has 2 amide bonds. The van der Waals surface area contributed by atoms with Crippen LogP contribution in [0.1, 0.15) is 41.0 Å². The Kier molecular flexibility index (Phi) is 5.25. The van der Waals surface area contributed by atoms with Crippen LogP contribution in [-0.2, 0) is 4.79 Å². The summed E-state index contributed by atoms with van der Waals surface area (Å²) in [6.07, 6.45) is 0.398. The lowest BCUT2D eigenvalue weighted by molar-refractivity contribution is -0.114. The summed E-state index contributed by atoms with van der Waals surface area (Å²) < 4.78 is 0. The number of hydrogen-bond donors (Lipinski definition) is 2. The first-order valence-electron chi connectivity index (χ1n) is 7.32. The molecule has 0 aromatic heterocycles. The Bertz CT molecular complexity index is 736. The van der Waals surface area contributed by atoms with Crippen LogP contribution in [0, 0.1) is 0 Å². The maximum Gasteiger partial charge on any atom is 0.255 e. The van der Waals surface area contributed by atoms with Crippen molar-refractivity contribution in [3.05, 3.63) is 59.7 Å². The van der Waals surface area contributed by atoms with Gasteiger partial charge in [-0.25, -0.2) is 0 Å². The van der Waals surface area contributed by atoms with Gasteiger partial charge < -0.3 is 10.6 Å². The highest BCUT2D eigenvalue weighted by Gasteiger charge is 2.09. The van der Waals surface area contributed by atoms with Crippen molar-refractivity contribution in [1.82, 2.24) is 0 Å². The summed E-state index contributed by atoms with van der Waals surface area (Å²) in [4.78, 5) is 34.9. The molecule has 118 valence electrons. The Balaban J connectivity index is 2.09. The van der Waals surface area contributed by atoms with E-state index in [1.165, 1.54) is 6.92 Å². The molecule has 0 heterocycles. The third-order valence-corrected chi connectivity index (χ3v) is 3.23. The van der Waals surface area contributed by atoms with Crippen LogP contribution in [0.25, 0.3) is 0 Å². The predicted molar refractivity (Wildman–Crippen MR) is 89.8 cm³/mol. The van der Waals surface area contributed by atoms with Crippen LogP contribution in [0.3, 0.4) is 0 Å². The lowest BCUT2D eigenvalue weighted by Crippen LogP contribution is -2.13. The molecule has 2 N–H and O–H groups in total. The van der Waals surface area contributed by atoms with Crippen LogP contribution in [0.4, 0.5) is 11.4 Å². The van der Waals surface area contributed by atoms with Crippen molar-refractivity contribution >= 4 is 29.0 Å². The second kappa shape index (κ2) is 7.35. The van der Waals surface area contributed by atoms with Gasteiger partial charge >= 0.3 is 0 Å². The minimum atomic E-state index is -0.289. The van der Waals surface area contributed by atoms with Crippen LogP contribution >= 0.6 is 0 Å². The summed E-state index contributed by atoms with van der Waals surface area (Å²) in [6.45, 7) is 3.21. The van der Waals surface area contributed by atoms with Gasteiger partial charge in [-0.2, -0.15) is 0 Å². The summed E-state index contributed by atoms with van der Waals surface area (Å²) in [5, 5.41) is 5.41. The van der Waals surface area contributed by atoms with E-state index in [1.807, 2.05) is 0 Å². The minimum Gasteiger partial charge on any atom is -0.326 e. The third kappa shape index (κ3) is 4.51.